The van der Waals surface area contributed by atoms with Crippen molar-refractivity contribution >= 4 is 5.78 Å². The first-order chi connectivity index (χ1) is 6.15. The zero-order valence-electron chi connectivity index (χ0n) is 7.40. The van der Waals surface area contributed by atoms with E-state index in [9.17, 15) is 9.90 Å². The molecule has 13 heavy (non-hydrogen) atoms. The van der Waals surface area contributed by atoms with Crippen molar-refractivity contribution in [2.24, 2.45) is 0 Å². The number of aromatic hydroxyl groups is 1. The lowest BCUT2D eigenvalue weighted by Gasteiger charge is -2.05. The van der Waals surface area contributed by atoms with Gasteiger partial charge in [-0.25, -0.2) is 0 Å². The van der Waals surface area contributed by atoms with Crippen LogP contribution in [0.25, 0.3) is 0 Å². The van der Waals surface area contributed by atoms with E-state index in [1.165, 1.54) is 24.3 Å². The summed E-state index contributed by atoms with van der Waals surface area (Å²) in [4.78, 5) is 11.4. The number of aliphatic hydroxyl groups excluding tert-OH is 1. The Labute approximate surface area is 76.6 Å². The van der Waals surface area contributed by atoms with Crippen LogP contribution in [0.5, 0.6) is 5.75 Å². The highest BCUT2D eigenvalue weighted by Gasteiger charge is 2.14. The molecular weight excluding hydrogens is 168 g/mol. The van der Waals surface area contributed by atoms with Gasteiger partial charge in [0.25, 0.3) is 0 Å². The Morgan fingerprint density at radius 2 is 1.92 bits per heavy atom. The minimum Gasteiger partial charge on any atom is -0.508 e. The van der Waals surface area contributed by atoms with Crippen LogP contribution in [-0.2, 0) is 0 Å². The standard InChI is InChI=1S/C10H12O3/c1-2-9(12)10(13)7-3-5-8(11)6-4-7/h3-6,9,11-12H,2H2,1H3. The summed E-state index contributed by atoms with van der Waals surface area (Å²) in [6.07, 6.45) is -0.538. The number of benzene rings is 1. The second kappa shape index (κ2) is 4.05. The number of phenolic OH excluding ortho intramolecular Hbond substituents is 1. The molecule has 1 aromatic carbocycles. The molecule has 0 spiro atoms. The van der Waals surface area contributed by atoms with Crippen molar-refractivity contribution in [2.75, 3.05) is 0 Å². The third kappa shape index (κ3) is 2.29. The molecule has 1 rings (SSSR count). The lowest BCUT2D eigenvalue weighted by molar-refractivity contribution is 0.0740. The molecule has 3 nitrogen and oxygen atoms in total. The van der Waals surface area contributed by atoms with Gasteiger partial charge in [-0.3, -0.25) is 4.79 Å². The molecule has 1 aromatic rings. The van der Waals surface area contributed by atoms with Gasteiger partial charge in [0.15, 0.2) is 5.78 Å². The van der Waals surface area contributed by atoms with Gasteiger partial charge in [-0.05, 0) is 30.7 Å². The summed E-state index contributed by atoms with van der Waals surface area (Å²) in [5.74, 6) is -0.190. The van der Waals surface area contributed by atoms with Gasteiger partial charge in [-0.15, -0.1) is 0 Å². The van der Waals surface area contributed by atoms with Gasteiger partial charge in [0.05, 0.1) is 0 Å². The largest absolute Gasteiger partial charge is 0.508 e. The summed E-state index contributed by atoms with van der Waals surface area (Å²) in [7, 11) is 0. The smallest absolute Gasteiger partial charge is 0.191 e. The second-order valence-electron chi connectivity index (χ2n) is 2.84. The van der Waals surface area contributed by atoms with Crippen LogP contribution in [0.1, 0.15) is 23.7 Å². The van der Waals surface area contributed by atoms with E-state index < -0.39 is 6.10 Å². The third-order valence-corrected chi connectivity index (χ3v) is 1.84. The molecule has 0 aliphatic carbocycles. The van der Waals surface area contributed by atoms with Crippen molar-refractivity contribution < 1.29 is 15.0 Å². The molecule has 70 valence electrons. The molecule has 0 heterocycles. The Balaban J connectivity index is 2.83. The number of phenols is 1. The fourth-order valence-corrected chi connectivity index (χ4v) is 1.00. The summed E-state index contributed by atoms with van der Waals surface area (Å²) in [5, 5.41) is 18.2. The molecule has 1 unspecified atom stereocenters. The van der Waals surface area contributed by atoms with Gasteiger partial charge < -0.3 is 10.2 Å². The van der Waals surface area contributed by atoms with Crippen molar-refractivity contribution in [3.05, 3.63) is 29.8 Å². The van der Waals surface area contributed by atoms with E-state index in [0.717, 1.165) is 0 Å². The normalized spacial score (nSPS) is 12.5. The lowest BCUT2D eigenvalue weighted by Crippen LogP contribution is -2.18. The van der Waals surface area contributed by atoms with Crippen molar-refractivity contribution in [2.45, 2.75) is 19.4 Å². The SMILES string of the molecule is CCC(O)C(=O)c1ccc(O)cc1. The van der Waals surface area contributed by atoms with Crippen LogP contribution in [0.2, 0.25) is 0 Å². The van der Waals surface area contributed by atoms with Crippen molar-refractivity contribution in [3.8, 4) is 5.75 Å². The molecule has 0 amide bonds. The van der Waals surface area contributed by atoms with Crippen LogP contribution in [0.15, 0.2) is 24.3 Å². The maximum atomic E-state index is 11.4. The Hall–Kier alpha value is -1.35. The quantitative estimate of drug-likeness (QED) is 0.690. The molecule has 0 aromatic heterocycles. The molecule has 0 radical (unpaired) electrons. The first-order valence-corrected chi connectivity index (χ1v) is 4.16. The van der Waals surface area contributed by atoms with Crippen LogP contribution < -0.4 is 0 Å². The number of rotatable bonds is 3. The average molecular weight is 180 g/mol. The van der Waals surface area contributed by atoms with E-state index in [4.69, 9.17) is 5.11 Å². The molecule has 0 saturated heterocycles. The topological polar surface area (TPSA) is 57.5 Å². The molecular formula is C10H12O3. The van der Waals surface area contributed by atoms with Crippen LogP contribution in [0.4, 0.5) is 0 Å². The number of ketones is 1. The van der Waals surface area contributed by atoms with Gasteiger partial charge >= 0.3 is 0 Å². The van der Waals surface area contributed by atoms with Gasteiger partial charge in [0.1, 0.15) is 11.9 Å². The number of hydrogen-bond donors (Lipinski definition) is 2. The maximum Gasteiger partial charge on any atom is 0.191 e. The van der Waals surface area contributed by atoms with Gasteiger partial charge in [-0.1, -0.05) is 6.92 Å². The first-order valence-electron chi connectivity index (χ1n) is 4.16. The highest BCUT2D eigenvalue weighted by atomic mass is 16.3. The van der Waals surface area contributed by atoms with Crippen LogP contribution in [0.3, 0.4) is 0 Å². The van der Waals surface area contributed by atoms with E-state index in [1.54, 1.807) is 6.92 Å². The highest BCUT2D eigenvalue weighted by Crippen LogP contribution is 2.12. The average Bonchev–Trinajstić information content (AvgIpc) is 2.17. The summed E-state index contributed by atoms with van der Waals surface area (Å²) < 4.78 is 0. The number of hydrogen-bond acceptors (Lipinski definition) is 3. The monoisotopic (exact) mass is 180 g/mol. The molecule has 0 saturated carbocycles. The van der Waals surface area contributed by atoms with Crippen LogP contribution in [-0.4, -0.2) is 22.1 Å². The Morgan fingerprint density at radius 1 is 1.38 bits per heavy atom. The van der Waals surface area contributed by atoms with Crippen molar-refractivity contribution in [3.63, 3.8) is 0 Å². The molecule has 0 fully saturated rings. The number of carbonyl (C=O) groups is 1. The first kappa shape index (κ1) is 9.74. The minimum absolute atomic E-state index is 0.113. The lowest BCUT2D eigenvalue weighted by atomic mass is 10.0. The van der Waals surface area contributed by atoms with Crippen molar-refractivity contribution in [1.29, 1.82) is 0 Å². The summed E-state index contributed by atoms with van der Waals surface area (Å²) in [5.41, 5.74) is 0.423. The fraction of sp³-hybridized carbons (Fsp3) is 0.300. The predicted molar refractivity (Wildman–Crippen MR) is 48.7 cm³/mol. The number of aliphatic hydroxyl groups is 1. The van der Waals surface area contributed by atoms with E-state index >= 15 is 0 Å². The van der Waals surface area contributed by atoms with Gasteiger partial charge in [0, 0.05) is 5.56 Å². The molecule has 3 heteroatoms. The zero-order chi connectivity index (χ0) is 9.84. The highest BCUT2D eigenvalue weighted by molar-refractivity contribution is 5.99. The fourth-order valence-electron chi connectivity index (χ4n) is 1.00. The van der Waals surface area contributed by atoms with E-state index in [1.807, 2.05) is 0 Å². The molecule has 0 bridgehead atoms. The summed E-state index contributed by atoms with van der Waals surface area (Å²) in [6, 6.07) is 5.85. The minimum atomic E-state index is -0.940. The van der Waals surface area contributed by atoms with Crippen LogP contribution in [0, 0.1) is 0 Å². The summed E-state index contributed by atoms with van der Waals surface area (Å²) >= 11 is 0. The summed E-state index contributed by atoms with van der Waals surface area (Å²) in [6.45, 7) is 1.74. The van der Waals surface area contributed by atoms with Crippen molar-refractivity contribution in [1.82, 2.24) is 0 Å². The maximum absolute atomic E-state index is 11.4. The Kier molecular flexibility index (Phi) is 3.03. The molecule has 0 aliphatic heterocycles. The Bertz CT molecular complexity index is 290. The predicted octanol–water partition coefficient (Wildman–Crippen LogP) is 1.35. The molecule has 1 atom stereocenters. The van der Waals surface area contributed by atoms with E-state index in [-0.39, 0.29) is 11.5 Å². The van der Waals surface area contributed by atoms with Crippen LogP contribution >= 0.6 is 0 Å². The number of carbonyl (C=O) groups excluding carboxylic acids is 1. The van der Waals surface area contributed by atoms with E-state index in [0.29, 0.717) is 12.0 Å². The Morgan fingerprint density at radius 3 is 2.38 bits per heavy atom. The number of Topliss-reactive ketones (excluding diaryl/α,β-unsaturated/α-hetero) is 1. The van der Waals surface area contributed by atoms with Gasteiger partial charge in [-0.2, -0.15) is 0 Å². The second-order valence-corrected chi connectivity index (χ2v) is 2.84. The van der Waals surface area contributed by atoms with E-state index in [2.05, 4.69) is 0 Å². The molecule has 0 aliphatic rings. The third-order valence-electron chi connectivity index (χ3n) is 1.84. The molecule has 2 N–H and O–H groups in total. The zero-order valence-corrected chi connectivity index (χ0v) is 7.40. The van der Waals surface area contributed by atoms with Gasteiger partial charge in [0.2, 0.25) is 0 Å².